The average molecular weight is 322 g/mol. The Labute approximate surface area is 134 Å². The molecule has 1 unspecified atom stereocenters. The Balaban J connectivity index is 1.67. The number of halogens is 1. The molecule has 3 rings (SSSR count). The van der Waals surface area contributed by atoms with Gasteiger partial charge in [0.25, 0.3) is 0 Å². The molecule has 0 N–H and O–H groups in total. The van der Waals surface area contributed by atoms with Gasteiger partial charge in [-0.1, -0.05) is 11.6 Å². The topological polar surface area (TPSA) is 56.0 Å². The molecule has 118 valence electrons. The van der Waals surface area contributed by atoms with E-state index in [9.17, 15) is 4.79 Å². The summed E-state index contributed by atoms with van der Waals surface area (Å²) in [5, 5.41) is 4.61. The number of piperidine rings is 1. The maximum atomic E-state index is 12.4. The van der Waals surface area contributed by atoms with Gasteiger partial charge in [0.05, 0.1) is 16.9 Å². The van der Waals surface area contributed by atoms with E-state index >= 15 is 0 Å². The second-order valence-corrected chi connectivity index (χ2v) is 6.32. The lowest BCUT2D eigenvalue weighted by atomic mass is 9.97. The Kier molecular flexibility index (Phi) is 4.20. The summed E-state index contributed by atoms with van der Waals surface area (Å²) in [7, 11) is 2.02. The van der Waals surface area contributed by atoms with Crippen molar-refractivity contribution in [1.82, 2.24) is 24.2 Å². The van der Waals surface area contributed by atoms with Gasteiger partial charge in [0.2, 0.25) is 5.91 Å². The molecule has 0 radical (unpaired) electrons. The SMILES string of the molecule is Cc1cn(C)c(C2CCCN(C(=O)Cn3cc(Cl)cn3)C2)n1. The number of hydrogen-bond donors (Lipinski definition) is 0. The van der Waals surface area contributed by atoms with Crippen LogP contribution in [0.15, 0.2) is 18.6 Å². The van der Waals surface area contributed by atoms with Gasteiger partial charge in [0.1, 0.15) is 12.4 Å². The van der Waals surface area contributed by atoms with E-state index in [1.807, 2.05) is 25.1 Å². The molecule has 1 saturated heterocycles. The molecule has 1 aliphatic rings. The molecular weight excluding hydrogens is 302 g/mol. The van der Waals surface area contributed by atoms with Crippen LogP contribution in [0.2, 0.25) is 5.02 Å². The Hall–Kier alpha value is -1.82. The minimum Gasteiger partial charge on any atom is -0.340 e. The fourth-order valence-electron chi connectivity index (χ4n) is 3.09. The van der Waals surface area contributed by atoms with Gasteiger partial charge >= 0.3 is 0 Å². The van der Waals surface area contributed by atoms with Gasteiger partial charge in [-0.05, 0) is 19.8 Å². The summed E-state index contributed by atoms with van der Waals surface area (Å²) in [6.45, 7) is 3.75. The predicted molar refractivity (Wildman–Crippen MR) is 83.7 cm³/mol. The number of amides is 1. The van der Waals surface area contributed by atoms with Gasteiger partial charge in [-0.25, -0.2) is 4.98 Å². The molecule has 3 heterocycles. The second-order valence-electron chi connectivity index (χ2n) is 5.89. The number of likely N-dealkylation sites (tertiary alicyclic amines) is 1. The lowest BCUT2D eigenvalue weighted by Crippen LogP contribution is -2.41. The van der Waals surface area contributed by atoms with Crippen LogP contribution in [-0.2, 0) is 18.4 Å². The van der Waals surface area contributed by atoms with Crippen LogP contribution in [0.1, 0.15) is 30.3 Å². The van der Waals surface area contributed by atoms with E-state index in [2.05, 4.69) is 14.6 Å². The quantitative estimate of drug-likeness (QED) is 0.868. The van der Waals surface area contributed by atoms with Crippen LogP contribution in [0.3, 0.4) is 0 Å². The van der Waals surface area contributed by atoms with Gasteiger partial charge in [-0.3, -0.25) is 9.48 Å². The standard InChI is InChI=1S/C15H20ClN5O/c1-11-7-19(2)15(18-11)12-4-3-5-20(8-12)14(22)10-21-9-13(16)6-17-21/h6-7,9,12H,3-5,8,10H2,1-2H3. The highest BCUT2D eigenvalue weighted by Gasteiger charge is 2.27. The summed E-state index contributed by atoms with van der Waals surface area (Å²) in [5.41, 5.74) is 1.02. The monoisotopic (exact) mass is 321 g/mol. The van der Waals surface area contributed by atoms with E-state index in [0.717, 1.165) is 37.4 Å². The number of nitrogens with zero attached hydrogens (tertiary/aromatic N) is 5. The van der Waals surface area contributed by atoms with Crippen molar-refractivity contribution in [2.24, 2.45) is 7.05 Å². The normalized spacial score (nSPS) is 18.7. The van der Waals surface area contributed by atoms with Crippen molar-refractivity contribution in [2.45, 2.75) is 32.2 Å². The first-order chi connectivity index (χ1) is 10.5. The molecule has 1 fully saturated rings. The first-order valence-corrected chi connectivity index (χ1v) is 7.86. The third kappa shape index (κ3) is 3.16. The van der Waals surface area contributed by atoms with Crippen molar-refractivity contribution in [1.29, 1.82) is 0 Å². The first-order valence-electron chi connectivity index (χ1n) is 7.48. The van der Waals surface area contributed by atoms with Crippen molar-refractivity contribution in [2.75, 3.05) is 13.1 Å². The summed E-state index contributed by atoms with van der Waals surface area (Å²) >= 11 is 5.83. The Morgan fingerprint density at radius 1 is 1.45 bits per heavy atom. The molecule has 0 aliphatic carbocycles. The van der Waals surface area contributed by atoms with Gasteiger partial charge < -0.3 is 9.47 Å². The minimum absolute atomic E-state index is 0.0791. The van der Waals surface area contributed by atoms with Crippen LogP contribution in [0.5, 0.6) is 0 Å². The summed E-state index contributed by atoms with van der Waals surface area (Å²) in [4.78, 5) is 19.0. The second kappa shape index (κ2) is 6.12. The van der Waals surface area contributed by atoms with E-state index in [0.29, 0.717) is 10.9 Å². The zero-order valence-electron chi connectivity index (χ0n) is 12.9. The lowest BCUT2D eigenvalue weighted by molar-refractivity contribution is -0.133. The highest BCUT2D eigenvalue weighted by Crippen LogP contribution is 2.26. The van der Waals surface area contributed by atoms with E-state index in [1.165, 1.54) is 0 Å². The summed E-state index contributed by atoms with van der Waals surface area (Å²) in [6.07, 6.45) is 7.32. The molecule has 0 spiro atoms. The maximum Gasteiger partial charge on any atom is 0.244 e. The van der Waals surface area contributed by atoms with Crippen LogP contribution < -0.4 is 0 Å². The molecule has 22 heavy (non-hydrogen) atoms. The van der Waals surface area contributed by atoms with Crippen LogP contribution in [-0.4, -0.2) is 43.2 Å². The molecule has 1 aliphatic heterocycles. The fraction of sp³-hybridized carbons (Fsp3) is 0.533. The Morgan fingerprint density at radius 2 is 2.27 bits per heavy atom. The van der Waals surface area contributed by atoms with Crippen LogP contribution >= 0.6 is 11.6 Å². The van der Waals surface area contributed by atoms with Crippen LogP contribution in [0, 0.1) is 6.92 Å². The summed E-state index contributed by atoms with van der Waals surface area (Å²) in [6, 6.07) is 0. The van der Waals surface area contributed by atoms with Gasteiger partial charge in [0.15, 0.2) is 0 Å². The van der Waals surface area contributed by atoms with Gasteiger partial charge in [-0.15, -0.1) is 0 Å². The summed E-state index contributed by atoms with van der Waals surface area (Å²) < 4.78 is 3.65. The Morgan fingerprint density at radius 3 is 2.91 bits per heavy atom. The number of hydrogen-bond acceptors (Lipinski definition) is 3. The molecule has 0 aromatic carbocycles. The first kappa shape index (κ1) is 15.1. The summed E-state index contributed by atoms with van der Waals surface area (Å²) in [5.74, 6) is 1.45. The third-order valence-electron chi connectivity index (χ3n) is 4.07. The number of rotatable bonds is 3. The number of carbonyl (C=O) groups excluding carboxylic acids is 1. The van der Waals surface area contributed by atoms with E-state index in [4.69, 9.17) is 11.6 Å². The minimum atomic E-state index is 0.0791. The molecule has 0 saturated carbocycles. The number of carbonyl (C=O) groups is 1. The van der Waals surface area contributed by atoms with Crippen LogP contribution in [0.4, 0.5) is 0 Å². The molecule has 2 aromatic heterocycles. The lowest BCUT2D eigenvalue weighted by Gasteiger charge is -2.32. The smallest absolute Gasteiger partial charge is 0.244 e. The molecule has 0 bridgehead atoms. The molecule has 1 atom stereocenters. The molecule has 6 nitrogen and oxygen atoms in total. The molecule has 7 heteroatoms. The van der Waals surface area contributed by atoms with Crippen molar-refractivity contribution < 1.29 is 4.79 Å². The number of imidazole rings is 1. The van der Waals surface area contributed by atoms with E-state index < -0.39 is 0 Å². The zero-order chi connectivity index (χ0) is 15.7. The Bertz CT molecular complexity index is 677. The van der Waals surface area contributed by atoms with Crippen molar-refractivity contribution in [3.8, 4) is 0 Å². The largest absolute Gasteiger partial charge is 0.340 e. The number of aryl methyl sites for hydroxylation is 2. The molecular formula is C15H20ClN5O. The predicted octanol–water partition coefficient (Wildman–Crippen LogP) is 1.98. The average Bonchev–Trinajstić information content (AvgIpc) is 3.04. The van der Waals surface area contributed by atoms with E-state index in [1.54, 1.807) is 17.1 Å². The third-order valence-corrected chi connectivity index (χ3v) is 4.27. The zero-order valence-corrected chi connectivity index (χ0v) is 13.6. The van der Waals surface area contributed by atoms with Gasteiger partial charge in [0, 0.05) is 38.4 Å². The number of aromatic nitrogens is 4. The van der Waals surface area contributed by atoms with Crippen LogP contribution in [0.25, 0.3) is 0 Å². The van der Waals surface area contributed by atoms with Crippen molar-refractivity contribution in [3.05, 3.63) is 35.1 Å². The highest BCUT2D eigenvalue weighted by atomic mass is 35.5. The van der Waals surface area contributed by atoms with E-state index in [-0.39, 0.29) is 12.5 Å². The van der Waals surface area contributed by atoms with Crippen molar-refractivity contribution >= 4 is 17.5 Å². The van der Waals surface area contributed by atoms with Crippen molar-refractivity contribution in [3.63, 3.8) is 0 Å². The highest BCUT2D eigenvalue weighted by molar-refractivity contribution is 6.30. The van der Waals surface area contributed by atoms with Gasteiger partial charge in [-0.2, -0.15) is 5.10 Å². The maximum absolute atomic E-state index is 12.4. The fourth-order valence-corrected chi connectivity index (χ4v) is 3.25. The molecule has 2 aromatic rings. The molecule has 1 amide bonds.